The number of hydrogen-bond acceptors (Lipinski definition) is 2. The molecule has 0 amide bonds. The van der Waals surface area contributed by atoms with Gasteiger partial charge in [0.2, 0.25) is 0 Å². The maximum absolute atomic E-state index is 12.8. The van der Waals surface area contributed by atoms with E-state index in [-0.39, 0.29) is 19.1 Å². The number of alkyl halides is 2. The molecular weight excluding hydrogens is 152 g/mol. The van der Waals surface area contributed by atoms with Crippen molar-refractivity contribution in [3.63, 3.8) is 0 Å². The predicted octanol–water partition coefficient (Wildman–Crippen LogP) is 1.02. The fourth-order valence-corrected chi connectivity index (χ4v) is 1.24. The lowest BCUT2D eigenvalue weighted by Gasteiger charge is -2.17. The summed E-state index contributed by atoms with van der Waals surface area (Å²) in [6, 6.07) is 0. The maximum Gasteiger partial charge on any atom is 0.262 e. The molecule has 1 heterocycles. The van der Waals surface area contributed by atoms with Crippen molar-refractivity contribution < 1.29 is 13.5 Å². The maximum atomic E-state index is 12.8. The van der Waals surface area contributed by atoms with Crippen LogP contribution in [0.4, 0.5) is 8.78 Å². The molecule has 0 saturated carbocycles. The van der Waals surface area contributed by atoms with Gasteiger partial charge in [0.05, 0.1) is 12.6 Å². The minimum Gasteiger partial charge on any atom is -0.381 e. The molecule has 4 heteroatoms. The predicted molar refractivity (Wildman–Crippen MR) is 37.8 cm³/mol. The summed E-state index contributed by atoms with van der Waals surface area (Å²) >= 11 is 0. The molecule has 0 aromatic heterocycles. The number of hydrogen-bond donors (Lipinski definition) is 1. The monoisotopic (exact) mass is 165 g/mol. The van der Waals surface area contributed by atoms with Crippen LogP contribution in [-0.2, 0) is 4.74 Å². The Kier molecular flexibility index (Phi) is 2.78. The van der Waals surface area contributed by atoms with E-state index in [1.807, 2.05) is 0 Å². The molecule has 66 valence electrons. The molecule has 2 nitrogen and oxygen atoms in total. The van der Waals surface area contributed by atoms with Crippen LogP contribution < -0.4 is 5.32 Å². The van der Waals surface area contributed by atoms with Crippen molar-refractivity contribution in [2.75, 3.05) is 20.2 Å². The van der Waals surface area contributed by atoms with Gasteiger partial charge in [0.1, 0.15) is 0 Å². The molecule has 0 spiro atoms. The molecule has 11 heavy (non-hydrogen) atoms. The number of rotatable bonds is 1. The van der Waals surface area contributed by atoms with E-state index in [4.69, 9.17) is 4.74 Å². The number of halogens is 2. The molecule has 1 fully saturated rings. The van der Waals surface area contributed by atoms with E-state index in [2.05, 4.69) is 5.32 Å². The SMILES string of the molecule is COC1CCNCC(F)(F)C1. The number of methoxy groups -OCH3 is 1. The molecule has 0 radical (unpaired) electrons. The zero-order valence-electron chi connectivity index (χ0n) is 6.57. The van der Waals surface area contributed by atoms with Gasteiger partial charge in [-0.05, 0) is 13.0 Å². The average molecular weight is 165 g/mol. The highest BCUT2D eigenvalue weighted by atomic mass is 19.3. The smallest absolute Gasteiger partial charge is 0.262 e. The van der Waals surface area contributed by atoms with Crippen LogP contribution in [0.1, 0.15) is 12.8 Å². The summed E-state index contributed by atoms with van der Waals surface area (Å²) in [6.07, 6.45) is 0.225. The minimum absolute atomic E-state index is 0.156. The summed E-state index contributed by atoms with van der Waals surface area (Å²) in [6.45, 7) is 0.404. The van der Waals surface area contributed by atoms with Crippen LogP contribution in [0.15, 0.2) is 0 Å². The Bertz CT molecular complexity index is 130. The molecule has 1 atom stereocenters. The molecule has 1 aliphatic rings. The van der Waals surface area contributed by atoms with Crippen LogP contribution in [-0.4, -0.2) is 32.2 Å². The summed E-state index contributed by atoms with van der Waals surface area (Å²) < 4.78 is 30.4. The molecule has 1 rings (SSSR count). The van der Waals surface area contributed by atoms with Gasteiger partial charge >= 0.3 is 0 Å². The second-order valence-corrected chi connectivity index (χ2v) is 2.88. The first-order valence-corrected chi connectivity index (χ1v) is 3.75. The summed E-state index contributed by atoms with van der Waals surface area (Å²) in [4.78, 5) is 0. The van der Waals surface area contributed by atoms with Crippen LogP contribution in [0.25, 0.3) is 0 Å². The summed E-state index contributed by atoms with van der Waals surface area (Å²) in [5.41, 5.74) is 0. The zero-order chi connectivity index (χ0) is 8.32. The Balaban J connectivity index is 2.47. The first-order valence-electron chi connectivity index (χ1n) is 3.75. The van der Waals surface area contributed by atoms with E-state index >= 15 is 0 Å². The van der Waals surface area contributed by atoms with E-state index < -0.39 is 5.92 Å². The Hall–Kier alpha value is -0.220. The molecule has 0 bridgehead atoms. The van der Waals surface area contributed by atoms with E-state index in [0.717, 1.165) is 0 Å². The average Bonchev–Trinajstić information content (AvgIpc) is 2.10. The van der Waals surface area contributed by atoms with Crippen LogP contribution in [0, 0.1) is 0 Å². The normalized spacial score (nSPS) is 31.4. The fraction of sp³-hybridized carbons (Fsp3) is 1.00. The molecule has 1 saturated heterocycles. The Morgan fingerprint density at radius 1 is 1.55 bits per heavy atom. The van der Waals surface area contributed by atoms with Crippen molar-refractivity contribution in [2.24, 2.45) is 0 Å². The number of nitrogens with one attached hydrogen (secondary N) is 1. The number of ether oxygens (including phenoxy) is 1. The third-order valence-corrected chi connectivity index (χ3v) is 1.89. The van der Waals surface area contributed by atoms with Gasteiger partial charge in [-0.3, -0.25) is 0 Å². The highest BCUT2D eigenvalue weighted by Gasteiger charge is 2.34. The van der Waals surface area contributed by atoms with E-state index in [1.165, 1.54) is 7.11 Å². The van der Waals surface area contributed by atoms with Gasteiger partial charge in [0.25, 0.3) is 5.92 Å². The van der Waals surface area contributed by atoms with Gasteiger partial charge in [-0.25, -0.2) is 8.78 Å². The van der Waals surface area contributed by atoms with Gasteiger partial charge < -0.3 is 10.1 Å². The van der Waals surface area contributed by atoms with Gasteiger partial charge in [-0.15, -0.1) is 0 Å². The van der Waals surface area contributed by atoms with E-state index in [1.54, 1.807) is 0 Å². The molecule has 1 unspecified atom stereocenters. The first-order chi connectivity index (χ1) is 5.14. The highest BCUT2D eigenvalue weighted by molar-refractivity contribution is 4.79. The van der Waals surface area contributed by atoms with Crippen molar-refractivity contribution in [3.05, 3.63) is 0 Å². The molecule has 0 aliphatic carbocycles. The second kappa shape index (κ2) is 3.45. The molecule has 1 N–H and O–H groups in total. The lowest BCUT2D eigenvalue weighted by atomic mass is 10.1. The first kappa shape index (κ1) is 8.87. The third kappa shape index (κ3) is 2.71. The molecular formula is C7H13F2NO. The minimum atomic E-state index is -2.60. The van der Waals surface area contributed by atoms with Crippen LogP contribution in [0.5, 0.6) is 0 Å². The fourth-order valence-electron chi connectivity index (χ4n) is 1.24. The van der Waals surface area contributed by atoms with E-state index in [9.17, 15) is 8.78 Å². The Morgan fingerprint density at radius 2 is 2.27 bits per heavy atom. The highest BCUT2D eigenvalue weighted by Crippen LogP contribution is 2.23. The van der Waals surface area contributed by atoms with Crippen LogP contribution in [0.2, 0.25) is 0 Å². The van der Waals surface area contributed by atoms with Gasteiger partial charge in [-0.2, -0.15) is 0 Å². The van der Waals surface area contributed by atoms with E-state index in [0.29, 0.717) is 13.0 Å². The zero-order valence-corrected chi connectivity index (χ0v) is 6.57. The van der Waals surface area contributed by atoms with Crippen molar-refractivity contribution in [1.82, 2.24) is 5.32 Å². The molecule has 0 aromatic carbocycles. The van der Waals surface area contributed by atoms with Gasteiger partial charge in [-0.1, -0.05) is 0 Å². The van der Waals surface area contributed by atoms with Gasteiger partial charge in [0.15, 0.2) is 0 Å². The quantitative estimate of drug-likeness (QED) is 0.626. The largest absolute Gasteiger partial charge is 0.381 e. The standard InChI is InChI=1S/C7H13F2NO/c1-11-6-2-3-10-5-7(8,9)4-6/h6,10H,2-5H2,1H3. The van der Waals surface area contributed by atoms with Crippen molar-refractivity contribution >= 4 is 0 Å². The topological polar surface area (TPSA) is 21.3 Å². The van der Waals surface area contributed by atoms with Crippen molar-refractivity contribution in [2.45, 2.75) is 24.9 Å². The second-order valence-electron chi connectivity index (χ2n) is 2.88. The lowest BCUT2D eigenvalue weighted by molar-refractivity contribution is -0.0430. The lowest BCUT2D eigenvalue weighted by Crippen LogP contribution is -2.31. The third-order valence-electron chi connectivity index (χ3n) is 1.89. The van der Waals surface area contributed by atoms with Crippen LogP contribution in [0.3, 0.4) is 0 Å². The van der Waals surface area contributed by atoms with Crippen molar-refractivity contribution in [1.29, 1.82) is 0 Å². The summed E-state index contributed by atoms with van der Waals surface area (Å²) in [5, 5.41) is 2.67. The summed E-state index contributed by atoms with van der Waals surface area (Å²) in [5.74, 6) is -2.60. The molecule has 0 aromatic rings. The molecule has 1 aliphatic heterocycles. The summed E-state index contributed by atoms with van der Waals surface area (Å²) in [7, 11) is 1.48. The van der Waals surface area contributed by atoms with Crippen molar-refractivity contribution in [3.8, 4) is 0 Å². The Morgan fingerprint density at radius 3 is 2.91 bits per heavy atom. The van der Waals surface area contributed by atoms with Crippen LogP contribution >= 0.6 is 0 Å². The Labute approximate surface area is 64.9 Å². The van der Waals surface area contributed by atoms with Gasteiger partial charge in [0, 0.05) is 13.5 Å².